The highest BCUT2D eigenvalue weighted by Crippen LogP contribution is 2.29. The van der Waals surface area contributed by atoms with Gasteiger partial charge in [0.05, 0.1) is 5.56 Å². The number of benzene rings is 2. The van der Waals surface area contributed by atoms with Gasteiger partial charge in [0, 0.05) is 21.3 Å². The van der Waals surface area contributed by atoms with Crippen LogP contribution in [-0.4, -0.2) is 10.1 Å². The van der Waals surface area contributed by atoms with Gasteiger partial charge in [-0.3, -0.25) is 0 Å². The zero-order chi connectivity index (χ0) is 14.1. The van der Waals surface area contributed by atoms with Crippen LogP contribution in [0.1, 0.15) is 0 Å². The van der Waals surface area contributed by atoms with Crippen LogP contribution in [0.4, 0.5) is 5.69 Å². The third kappa shape index (κ3) is 2.48. The molecule has 0 spiro atoms. The Labute approximate surface area is 125 Å². The number of halogens is 2. The molecule has 100 valence electrons. The van der Waals surface area contributed by atoms with Gasteiger partial charge in [-0.1, -0.05) is 40.5 Å². The van der Waals surface area contributed by atoms with Gasteiger partial charge in [-0.15, -0.1) is 0 Å². The van der Waals surface area contributed by atoms with E-state index < -0.39 is 0 Å². The molecule has 0 saturated heterocycles. The topological polar surface area (TPSA) is 64.9 Å². The van der Waals surface area contributed by atoms with Gasteiger partial charge in [0.25, 0.3) is 5.89 Å². The highest BCUT2D eigenvalue weighted by molar-refractivity contribution is 6.31. The van der Waals surface area contributed by atoms with Crippen LogP contribution >= 0.6 is 23.2 Å². The fourth-order valence-corrected chi connectivity index (χ4v) is 2.18. The van der Waals surface area contributed by atoms with Crippen molar-refractivity contribution in [3.8, 4) is 22.8 Å². The molecule has 1 heterocycles. The van der Waals surface area contributed by atoms with E-state index >= 15 is 0 Å². The van der Waals surface area contributed by atoms with E-state index in [0.717, 1.165) is 5.56 Å². The lowest BCUT2D eigenvalue weighted by Gasteiger charge is -2.00. The first-order chi connectivity index (χ1) is 9.63. The Morgan fingerprint density at radius 1 is 1.00 bits per heavy atom. The molecule has 3 aromatic rings. The maximum Gasteiger partial charge on any atom is 0.260 e. The lowest BCUT2D eigenvalue weighted by atomic mass is 10.2. The fraction of sp³-hybridized carbons (Fsp3) is 0. The van der Waals surface area contributed by atoms with E-state index in [4.69, 9.17) is 33.5 Å². The maximum atomic E-state index is 5.94. The average molecular weight is 306 g/mol. The molecule has 0 aliphatic carbocycles. The Kier molecular flexibility index (Phi) is 3.34. The molecule has 0 aliphatic heterocycles. The number of nitrogen functional groups attached to an aromatic ring is 1. The molecule has 0 atom stereocenters. The molecular formula is C14H9Cl2N3O. The zero-order valence-electron chi connectivity index (χ0n) is 10.2. The molecule has 0 aliphatic rings. The molecule has 0 radical (unpaired) electrons. The normalized spacial score (nSPS) is 10.7. The van der Waals surface area contributed by atoms with Gasteiger partial charge in [0.1, 0.15) is 0 Å². The smallest absolute Gasteiger partial charge is 0.260 e. The minimum absolute atomic E-state index is 0.342. The van der Waals surface area contributed by atoms with Crippen LogP contribution in [0, 0.1) is 0 Å². The van der Waals surface area contributed by atoms with Gasteiger partial charge in [0.15, 0.2) is 0 Å². The molecule has 0 amide bonds. The summed E-state index contributed by atoms with van der Waals surface area (Å²) in [5.74, 6) is 0.797. The predicted molar refractivity (Wildman–Crippen MR) is 79.6 cm³/mol. The van der Waals surface area contributed by atoms with Crippen molar-refractivity contribution in [2.45, 2.75) is 0 Å². The Hall–Kier alpha value is -2.04. The number of anilines is 1. The fourth-order valence-electron chi connectivity index (χ4n) is 1.81. The standard InChI is InChI=1S/C14H9Cl2N3O/c15-9-3-1-2-8(6-9)13-18-14(20-19-13)11-5-4-10(16)7-12(11)17/h1-7H,17H2. The van der Waals surface area contributed by atoms with Crippen LogP contribution in [0.5, 0.6) is 0 Å². The van der Waals surface area contributed by atoms with Crippen LogP contribution < -0.4 is 5.73 Å². The van der Waals surface area contributed by atoms with E-state index in [1.54, 1.807) is 30.3 Å². The summed E-state index contributed by atoms with van der Waals surface area (Å²) in [6, 6.07) is 12.3. The lowest BCUT2D eigenvalue weighted by Crippen LogP contribution is -1.90. The van der Waals surface area contributed by atoms with E-state index in [1.165, 1.54) is 0 Å². The van der Waals surface area contributed by atoms with Crippen LogP contribution in [-0.2, 0) is 0 Å². The van der Waals surface area contributed by atoms with Crippen molar-refractivity contribution < 1.29 is 4.52 Å². The first-order valence-corrected chi connectivity index (χ1v) is 6.54. The zero-order valence-corrected chi connectivity index (χ0v) is 11.7. The second-order valence-electron chi connectivity index (χ2n) is 4.17. The van der Waals surface area contributed by atoms with Crippen LogP contribution in [0.2, 0.25) is 10.0 Å². The summed E-state index contributed by atoms with van der Waals surface area (Å²) < 4.78 is 5.24. The molecule has 1 aromatic heterocycles. The summed E-state index contributed by atoms with van der Waals surface area (Å²) in [7, 11) is 0. The van der Waals surface area contributed by atoms with E-state index in [-0.39, 0.29) is 0 Å². The minimum atomic E-state index is 0.342. The van der Waals surface area contributed by atoms with Gasteiger partial charge in [-0.05, 0) is 30.3 Å². The van der Waals surface area contributed by atoms with Crippen molar-refractivity contribution in [2.24, 2.45) is 0 Å². The quantitative estimate of drug-likeness (QED) is 0.717. The monoisotopic (exact) mass is 305 g/mol. The molecule has 3 rings (SSSR count). The summed E-state index contributed by atoms with van der Waals surface area (Å²) in [6.45, 7) is 0. The molecule has 0 bridgehead atoms. The van der Waals surface area contributed by atoms with Gasteiger partial charge < -0.3 is 10.3 Å². The first kappa shape index (κ1) is 13.0. The molecule has 2 aromatic carbocycles. The second kappa shape index (κ2) is 5.15. The Morgan fingerprint density at radius 3 is 2.55 bits per heavy atom. The SMILES string of the molecule is Nc1cc(Cl)ccc1-c1nc(-c2cccc(Cl)c2)no1. The van der Waals surface area contributed by atoms with Gasteiger partial charge in [-0.2, -0.15) is 4.98 Å². The van der Waals surface area contributed by atoms with Crippen molar-refractivity contribution in [1.29, 1.82) is 0 Å². The summed E-state index contributed by atoms with van der Waals surface area (Å²) in [5.41, 5.74) is 7.80. The van der Waals surface area contributed by atoms with Gasteiger partial charge in [-0.25, -0.2) is 0 Å². The predicted octanol–water partition coefficient (Wildman–Crippen LogP) is 4.29. The summed E-state index contributed by atoms with van der Waals surface area (Å²) >= 11 is 11.8. The van der Waals surface area contributed by atoms with E-state index in [9.17, 15) is 0 Å². The number of hydrogen-bond acceptors (Lipinski definition) is 4. The molecule has 0 saturated carbocycles. The Balaban J connectivity index is 2.02. The molecule has 6 heteroatoms. The van der Waals surface area contributed by atoms with E-state index in [2.05, 4.69) is 10.1 Å². The highest BCUT2D eigenvalue weighted by Gasteiger charge is 2.13. The number of nitrogens with zero attached hydrogens (tertiary/aromatic N) is 2. The maximum absolute atomic E-state index is 5.94. The molecule has 20 heavy (non-hydrogen) atoms. The third-order valence-electron chi connectivity index (χ3n) is 2.75. The second-order valence-corrected chi connectivity index (χ2v) is 5.04. The lowest BCUT2D eigenvalue weighted by molar-refractivity contribution is 0.432. The number of rotatable bonds is 2. The number of aromatic nitrogens is 2. The average Bonchev–Trinajstić information content (AvgIpc) is 2.88. The van der Waals surface area contributed by atoms with Gasteiger partial charge in [0.2, 0.25) is 5.82 Å². The van der Waals surface area contributed by atoms with Crippen LogP contribution in [0.15, 0.2) is 47.0 Å². The summed E-state index contributed by atoms with van der Waals surface area (Å²) in [4.78, 5) is 4.32. The van der Waals surface area contributed by atoms with Crippen molar-refractivity contribution in [3.63, 3.8) is 0 Å². The molecule has 4 nitrogen and oxygen atoms in total. The van der Waals surface area contributed by atoms with Crippen molar-refractivity contribution in [1.82, 2.24) is 10.1 Å². The molecule has 0 unspecified atom stereocenters. The highest BCUT2D eigenvalue weighted by atomic mass is 35.5. The van der Waals surface area contributed by atoms with Crippen LogP contribution in [0.25, 0.3) is 22.8 Å². The van der Waals surface area contributed by atoms with Crippen molar-refractivity contribution in [3.05, 3.63) is 52.5 Å². The molecule has 0 fully saturated rings. The summed E-state index contributed by atoms with van der Waals surface area (Å²) in [5, 5.41) is 5.10. The van der Waals surface area contributed by atoms with E-state index in [0.29, 0.717) is 33.0 Å². The largest absolute Gasteiger partial charge is 0.398 e. The first-order valence-electron chi connectivity index (χ1n) is 5.78. The van der Waals surface area contributed by atoms with Crippen molar-refractivity contribution in [2.75, 3.05) is 5.73 Å². The Morgan fingerprint density at radius 2 is 1.80 bits per heavy atom. The summed E-state index contributed by atoms with van der Waals surface area (Å²) in [6.07, 6.45) is 0. The minimum Gasteiger partial charge on any atom is -0.398 e. The van der Waals surface area contributed by atoms with E-state index in [1.807, 2.05) is 12.1 Å². The third-order valence-corrected chi connectivity index (χ3v) is 3.22. The Bertz CT molecular complexity index is 771. The van der Waals surface area contributed by atoms with Gasteiger partial charge >= 0.3 is 0 Å². The number of nitrogens with two attached hydrogens (primary N) is 1. The van der Waals surface area contributed by atoms with Crippen LogP contribution in [0.3, 0.4) is 0 Å². The number of hydrogen-bond donors (Lipinski definition) is 1. The van der Waals surface area contributed by atoms with Crippen molar-refractivity contribution >= 4 is 28.9 Å². The molecule has 2 N–H and O–H groups in total. The molecular weight excluding hydrogens is 297 g/mol.